The van der Waals surface area contributed by atoms with Crippen LogP contribution in [-0.4, -0.2) is 42.9 Å². The number of rotatable bonds is 8. The topological polar surface area (TPSA) is 57.1 Å². The van der Waals surface area contributed by atoms with Gasteiger partial charge in [0.2, 0.25) is 5.79 Å². The molecule has 0 N–H and O–H groups in total. The Morgan fingerprint density at radius 2 is 1.81 bits per heavy atom. The zero-order chi connectivity index (χ0) is 12.6. The Balaban J connectivity index is 5.23. The van der Waals surface area contributed by atoms with E-state index in [1.165, 1.54) is 7.11 Å². The highest BCUT2D eigenvalue weighted by Gasteiger charge is 2.41. The molecule has 0 heterocycles. The fourth-order valence-corrected chi connectivity index (χ4v) is 1.59. The maximum atomic E-state index is 11.2. The third kappa shape index (κ3) is 3.90. The lowest BCUT2D eigenvalue weighted by atomic mass is 10.2. The molecule has 0 saturated heterocycles. The minimum Gasteiger partial charge on any atom is -0.399 e. The molecule has 0 aliphatic rings. The van der Waals surface area contributed by atoms with Crippen LogP contribution in [0.2, 0.25) is 0 Å². The molecule has 16 heavy (non-hydrogen) atoms. The average Bonchev–Trinajstić information content (AvgIpc) is 2.25. The van der Waals surface area contributed by atoms with Crippen LogP contribution in [0.5, 0.6) is 0 Å². The first-order valence-corrected chi connectivity index (χ1v) is 5.64. The van der Waals surface area contributed by atoms with E-state index in [4.69, 9.17) is 32.7 Å². The van der Waals surface area contributed by atoms with E-state index < -0.39 is 11.0 Å². The van der Waals surface area contributed by atoms with Crippen LogP contribution >= 0.6 is 23.2 Å². The van der Waals surface area contributed by atoms with Crippen LogP contribution in [0.25, 0.3) is 0 Å². The van der Waals surface area contributed by atoms with Crippen molar-refractivity contribution < 1.29 is 19.1 Å². The molecule has 0 aliphatic carbocycles. The maximum Gasteiger partial charge on any atom is 0.275 e. The van der Waals surface area contributed by atoms with E-state index in [0.29, 0.717) is 13.2 Å². The molecule has 0 spiro atoms. The van der Waals surface area contributed by atoms with Crippen molar-refractivity contribution in [1.29, 1.82) is 0 Å². The van der Waals surface area contributed by atoms with Crippen LogP contribution in [0.15, 0.2) is 5.16 Å². The Hall–Kier alpha value is -0.360. The SMILES string of the molecule is CCOC(CCl)(OCC)C(=NOC)C(=O)Cl. The van der Waals surface area contributed by atoms with E-state index >= 15 is 0 Å². The van der Waals surface area contributed by atoms with E-state index in [1.54, 1.807) is 13.8 Å². The summed E-state index contributed by atoms with van der Waals surface area (Å²) in [4.78, 5) is 15.8. The zero-order valence-electron chi connectivity index (χ0n) is 9.46. The van der Waals surface area contributed by atoms with Crippen molar-refractivity contribution >= 4 is 34.2 Å². The number of alkyl halides is 1. The second-order valence-corrected chi connectivity index (χ2v) is 3.26. The van der Waals surface area contributed by atoms with Gasteiger partial charge in [0.25, 0.3) is 5.24 Å². The molecule has 0 saturated carbocycles. The van der Waals surface area contributed by atoms with Crippen LogP contribution in [0.1, 0.15) is 13.8 Å². The molecule has 7 heteroatoms. The standard InChI is InChI=1S/C9H15Cl2NO4/c1-4-15-9(6-10,16-5-2)7(8(11)13)12-14-3/h4-6H2,1-3H3. The normalized spacial score (nSPS) is 12.7. The smallest absolute Gasteiger partial charge is 0.275 e. The molecule has 5 nitrogen and oxygen atoms in total. The predicted molar refractivity (Wildman–Crippen MR) is 62.0 cm³/mol. The van der Waals surface area contributed by atoms with Gasteiger partial charge in [0.05, 0.1) is 5.88 Å². The average molecular weight is 272 g/mol. The first-order valence-electron chi connectivity index (χ1n) is 4.73. The highest BCUT2D eigenvalue weighted by atomic mass is 35.5. The van der Waals surface area contributed by atoms with Gasteiger partial charge in [0.15, 0.2) is 5.71 Å². The number of halogens is 2. The van der Waals surface area contributed by atoms with E-state index in [9.17, 15) is 4.79 Å². The summed E-state index contributed by atoms with van der Waals surface area (Å²) in [6.45, 7) is 4.06. The predicted octanol–water partition coefficient (Wildman–Crippen LogP) is 1.76. The lowest BCUT2D eigenvalue weighted by Crippen LogP contribution is -2.49. The highest BCUT2D eigenvalue weighted by Crippen LogP contribution is 2.20. The Bertz CT molecular complexity index is 252. The molecule has 0 unspecified atom stereocenters. The van der Waals surface area contributed by atoms with Gasteiger partial charge < -0.3 is 14.3 Å². The molecule has 0 aromatic heterocycles. The van der Waals surface area contributed by atoms with Crippen molar-refractivity contribution in [3.8, 4) is 0 Å². The van der Waals surface area contributed by atoms with E-state index in [-0.39, 0.29) is 11.6 Å². The van der Waals surface area contributed by atoms with Gasteiger partial charge in [-0.2, -0.15) is 0 Å². The summed E-state index contributed by atoms with van der Waals surface area (Å²) >= 11 is 11.1. The molecule has 0 radical (unpaired) electrons. The minimum atomic E-state index is -1.46. The lowest BCUT2D eigenvalue weighted by molar-refractivity contribution is -0.171. The van der Waals surface area contributed by atoms with Gasteiger partial charge >= 0.3 is 0 Å². The highest BCUT2D eigenvalue weighted by molar-refractivity contribution is 6.83. The zero-order valence-corrected chi connectivity index (χ0v) is 11.0. The Labute approximate surface area is 105 Å². The number of carbonyl (C=O) groups is 1. The summed E-state index contributed by atoms with van der Waals surface area (Å²) in [5.74, 6) is -1.57. The number of carbonyl (C=O) groups excluding carboxylic acids is 1. The van der Waals surface area contributed by atoms with Crippen LogP contribution in [0.4, 0.5) is 0 Å². The van der Waals surface area contributed by atoms with Crippen molar-refractivity contribution in [3.05, 3.63) is 0 Å². The monoisotopic (exact) mass is 271 g/mol. The number of hydrogen-bond donors (Lipinski definition) is 0. The van der Waals surface area contributed by atoms with Gasteiger partial charge in [-0.15, -0.1) is 11.6 Å². The van der Waals surface area contributed by atoms with Gasteiger partial charge in [-0.25, -0.2) is 0 Å². The van der Waals surface area contributed by atoms with Crippen LogP contribution in [0.3, 0.4) is 0 Å². The molecule has 0 aliphatic heterocycles. The number of ether oxygens (including phenoxy) is 2. The van der Waals surface area contributed by atoms with Crippen molar-refractivity contribution in [1.82, 2.24) is 0 Å². The summed E-state index contributed by atoms with van der Waals surface area (Å²) in [7, 11) is 1.29. The fourth-order valence-electron chi connectivity index (χ4n) is 1.13. The molecule has 0 rings (SSSR count). The quantitative estimate of drug-likeness (QED) is 0.222. The molecule has 94 valence electrons. The molecular weight excluding hydrogens is 257 g/mol. The summed E-state index contributed by atoms with van der Waals surface area (Å²) < 4.78 is 10.6. The van der Waals surface area contributed by atoms with Gasteiger partial charge in [-0.3, -0.25) is 4.79 Å². The van der Waals surface area contributed by atoms with Crippen molar-refractivity contribution in [2.24, 2.45) is 5.16 Å². The molecular formula is C9H15Cl2NO4. The molecule has 0 atom stereocenters. The number of nitrogens with zero attached hydrogens (tertiary/aromatic N) is 1. The molecule has 0 fully saturated rings. The van der Waals surface area contributed by atoms with Crippen molar-refractivity contribution in [2.45, 2.75) is 19.6 Å². The molecule has 0 aromatic rings. The second kappa shape index (κ2) is 7.84. The Morgan fingerprint density at radius 1 is 1.31 bits per heavy atom. The minimum absolute atomic E-state index is 0.116. The molecule has 0 amide bonds. The van der Waals surface area contributed by atoms with E-state index in [1.807, 2.05) is 0 Å². The molecule has 0 bridgehead atoms. The fraction of sp³-hybridized carbons (Fsp3) is 0.778. The van der Waals surface area contributed by atoms with Crippen molar-refractivity contribution in [3.63, 3.8) is 0 Å². The van der Waals surface area contributed by atoms with Gasteiger partial charge in [0.1, 0.15) is 7.11 Å². The van der Waals surface area contributed by atoms with Gasteiger partial charge in [-0.1, -0.05) is 5.16 Å². The Morgan fingerprint density at radius 3 is 2.06 bits per heavy atom. The van der Waals surface area contributed by atoms with Gasteiger partial charge in [0, 0.05) is 13.2 Å². The largest absolute Gasteiger partial charge is 0.399 e. The van der Waals surface area contributed by atoms with Gasteiger partial charge in [-0.05, 0) is 25.4 Å². The molecule has 0 aromatic carbocycles. The van der Waals surface area contributed by atoms with E-state index in [0.717, 1.165) is 0 Å². The summed E-state index contributed by atoms with van der Waals surface area (Å²) in [6.07, 6.45) is 0. The van der Waals surface area contributed by atoms with Crippen LogP contribution < -0.4 is 0 Å². The number of hydrogen-bond acceptors (Lipinski definition) is 5. The second-order valence-electron chi connectivity index (χ2n) is 2.65. The van der Waals surface area contributed by atoms with E-state index in [2.05, 4.69) is 9.99 Å². The first-order chi connectivity index (χ1) is 7.57. The number of oxime groups is 1. The van der Waals surface area contributed by atoms with Crippen molar-refractivity contribution in [2.75, 3.05) is 26.2 Å². The summed E-state index contributed by atoms with van der Waals surface area (Å²) in [6, 6.07) is 0. The Kier molecular flexibility index (Phi) is 7.66. The first kappa shape index (κ1) is 15.6. The lowest BCUT2D eigenvalue weighted by Gasteiger charge is -2.30. The summed E-state index contributed by atoms with van der Waals surface area (Å²) in [5.41, 5.74) is -0.199. The third-order valence-corrected chi connectivity index (χ3v) is 2.19. The van der Waals surface area contributed by atoms with Crippen LogP contribution in [0, 0.1) is 0 Å². The summed E-state index contributed by atoms with van der Waals surface area (Å²) in [5, 5.41) is 2.68. The third-order valence-electron chi connectivity index (χ3n) is 1.66. The van der Waals surface area contributed by atoms with Crippen LogP contribution in [-0.2, 0) is 19.1 Å². The maximum absolute atomic E-state index is 11.2.